The molecule has 2 aromatic carbocycles. The van der Waals surface area contributed by atoms with Crippen LogP contribution in [0.5, 0.6) is 11.5 Å². The Labute approximate surface area is 192 Å². The van der Waals surface area contributed by atoms with E-state index in [2.05, 4.69) is 0 Å². The predicted octanol–water partition coefficient (Wildman–Crippen LogP) is 4.84. The first kappa shape index (κ1) is 23.2. The van der Waals surface area contributed by atoms with Gasteiger partial charge in [0.25, 0.3) is 11.8 Å². The van der Waals surface area contributed by atoms with Gasteiger partial charge in [-0.25, -0.2) is 0 Å². The number of methoxy groups -OCH3 is 1. The number of amides is 2. The second-order valence-electron chi connectivity index (χ2n) is 7.59. The minimum Gasteiger partial charge on any atom is -0.493 e. The van der Waals surface area contributed by atoms with E-state index in [-0.39, 0.29) is 18.6 Å². The minimum atomic E-state index is -0.571. The Morgan fingerprint density at radius 3 is 2.48 bits per heavy atom. The molecule has 1 aliphatic rings. The fourth-order valence-electron chi connectivity index (χ4n) is 3.85. The molecular weight excluding hydrogens is 439 g/mol. The molecule has 0 radical (unpaired) electrons. The zero-order valence-corrected chi connectivity index (χ0v) is 18.9. The van der Waals surface area contributed by atoms with Gasteiger partial charge in [-0.3, -0.25) is 9.59 Å². The number of rotatable bonds is 8. The lowest BCUT2D eigenvalue weighted by Gasteiger charge is -2.35. The summed E-state index contributed by atoms with van der Waals surface area (Å²) in [4.78, 5) is 26.4. The van der Waals surface area contributed by atoms with Gasteiger partial charge in [0.15, 0.2) is 18.1 Å². The van der Waals surface area contributed by atoms with Crippen LogP contribution in [0.1, 0.15) is 48.0 Å². The molecule has 0 heterocycles. The molecule has 166 valence electrons. The Morgan fingerprint density at radius 2 is 1.81 bits per heavy atom. The van der Waals surface area contributed by atoms with Gasteiger partial charge in [-0.1, -0.05) is 48.5 Å². The van der Waals surface area contributed by atoms with Crippen molar-refractivity contribution in [3.63, 3.8) is 0 Å². The van der Waals surface area contributed by atoms with Crippen molar-refractivity contribution in [2.45, 2.75) is 44.7 Å². The number of primary amides is 1. The van der Waals surface area contributed by atoms with Crippen LogP contribution in [0, 0.1) is 0 Å². The maximum absolute atomic E-state index is 13.5. The SMILES string of the molecule is COc1cc(CN(C(=O)c2cc(Cl)ccc2Cl)C2CCCCC2)ccc1OCC(N)=O. The van der Waals surface area contributed by atoms with Crippen LogP contribution in [0.3, 0.4) is 0 Å². The standard InChI is InChI=1S/C23H26Cl2N2O4/c1-30-21-11-15(7-10-20(21)31-14-22(26)28)13-27(17-5-3-2-4-6-17)23(29)18-12-16(24)8-9-19(18)25/h7-12,17H,2-6,13-14H2,1H3,(H2,26,28). The number of ether oxygens (including phenoxy) is 2. The molecule has 1 fully saturated rings. The van der Waals surface area contributed by atoms with E-state index in [1.165, 1.54) is 13.5 Å². The lowest BCUT2D eigenvalue weighted by molar-refractivity contribution is -0.119. The third-order valence-electron chi connectivity index (χ3n) is 5.39. The van der Waals surface area contributed by atoms with E-state index in [9.17, 15) is 9.59 Å². The van der Waals surface area contributed by atoms with Crippen molar-refractivity contribution < 1.29 is 19.1 Å². The van der Waals surface area contributed by atoms with E-state index < -0.39 is 5.91 Å². The highest BCUT2D eigenvalue weighted by molar-refractivity contribution is 6.35. The quantitative estimate of drug-likeness (QED) is 0.605. The van der Waals surface area contributed by atoms with Gasteiger partial charge < -0.3 is 20.1 Å². The summed E-state index contributed by atoms with van der Waals surface area (Å²) in [5, 5.41) is 0.844. The van der Waals surface area contributed by atoms with Crippen molar-refractivity contribution in [3.8, 4) is 11.5 Å². The highest BCUT2D eigenvalue weighted by Gasteiger charge is 2.28. The summed E-state index contributed by atoms with van der Waals surface area (Å²) < 4.78 is 10.8. The largest absolute Gasteiger partial charge is 0.493 e. The second kappa shape index (κ2) is 10.7. The summed E-state index contributed by atoms with van der Waals surface area (Å²) in [7, 11) is 1.52. The first-order valence-electron chi connectivity index (χ1n) is 10.2. The van der Waals surface area contributed by atoms with E-state index >= 15 is 0 Å². The summed E-state index contributed by atoms with van der Waals surface area (Å²) in [6, 6.07) is 10.4. The summed E-state index contributed by atoms with van der Waals surface area (Å²) in [6.45, 7) is 0.147. The molecule has 0 spiro atoms. The molecule has 0 unspecified atom stereocenters. The molecule has 2 aromatic rings. The molecule has 1 saturated carbocycles. The van der Waals surface area contributed by atoms with Gasteiger partial charge in [0, 0.05) is 17.6 Å². The fraction of sp³-hybridized carbons (Fsp3) is 0.391. The number of carbonyl (C=O) groups excluding carboxylic acids is 2. The Balaban J connectivity index is 1.89. The molecule has 8 heteroatoms. The maximum Gasteiger partial charge on any atom is 0.255 e. The fourth-order valence-corrected chi connectivity index (χ4v) is 4.22. The molecule has 0 aromatic heterocycles. The molecule has 1 aliphatic carbocycles. The molecule has 0 bridgehead atoms. The van der Waals surface area contributed by atoms with E-state index in [0.29, 0.717) is 33.7 Å². The molecule has 0 atom stereocenters. The lowest BCUT2D eigenvalue weighted by atomic mass is 9.93. The van der Waals surface area contributed by atoms with E-state index in [0.717, 1.165) is 31.2 Å². The molecule has 2 N–H and O–H groups in total. The van der Waals surface area contributed by atoms with Crippen molar-refractivity contribution in [1.82, 2.24) is 4.90 Å². The highest BCUT2D eigenvalue weighted by Crippen LogP contribution is 2.32. The average Bonchev–Trinajstić information content (AvgIpc) is 2.78. The van der Waals surface area contributed by atoms with E-state index in [1.54, 1.807) is 30.3 Å². The summed E-state index contributed by atoms with van der Waals surface area (Å²) in [5.41, 5.74) is 6.42. The first-order valence-corrected chi connectivity index (χ1v) is 11.0. The number of hydrogen-bond donors (Lipinski definition) is 1. The lowest BCUT2D eigenvalue weighted by Crippen LogP contribution is -2.41. The zero-order valence-electron chi connectivity index (χ0n) is 17.4. The van der Waals surface area contributed by atoms with Crippen molar-refractivity contribution >= 4 is 35.0 Å². The zero-order chi connectivity index (χ0) is 22.4. The molecular formula is C23H26Cl2N2O4. The molecule has 0 saturated heterocycles. The number of hydrogen-bond acceptors (Lipinski definition) is 4. The van der Waals surface area contributed by atoms with Crippen LogP contribution < -0.4 is 15.2 Å². The van der Waals surface area contributed by atoms with Crippen LogP contribution in [0.2, 0.25) is 10.0 Å². The third-order valence-corrected chi connectivity index (χ3v) is 5.95. The van der Waals surface area contributed by atoms with Crippen LogP contribution in [0.15, 0.2) is 36.4 Å². The average molecular weight is 465 g/mol. The van der Waals surface area contributed by atoms with Crippen LogP contribution in [0.25, 0.3) is 0 Å². The Bertz CT molecular complexity index is 945. The number of nitrogens with zero attached hydrogens (tertiary/aromatic N) is 1. The molecule has 2 amide bonds. The molecule has 6 nitrogen and oxygen atoms in total. The van der Waals surface area contributed by atoms with Gasteiger partial charge in [0.2, 0.25) is 0 Å². The second-order valence-corrected chi connectivity index (χ2v) is 8.43. The third kappa shape index (κ3) is 6.05. The van der Waals surface area contributed by atoms with Crippen LogP contribution in [-0.2, 0) is 11.3 Å². The van der Waals surface area contributed by atoms with Gasteiger partial charge in [0.05, 0.1) is 17.7 Å². The summed E-state index contributed by atoms with van der Waals surface area (Å²) >= 11 is 12.5. The highest BCUT2D eigenvalue weighted by atomic mass is 35.5. The number of nitrogens with two attached hydrogens (primary N) is 1. The Kier molecular flexibility index (Phi) is 8.04. The predicted molar refractivity (Wildman–Crippen MR) is 121 cm³/mol. The van der Waals surface area contributed by atoms with Crippen molar-refractivity contribution in [2.75, 3.05) is 13.7 Å². The van der Waals surface area contributed by atoms with Crippen LogP contribution in [-0.4, -0.2) is 36.5 Å². The van der Waals surface area contributed by atoms with Gasteiger partial charge in [-0.05, 0) is 48.7 Å². The van der Waals surface area contributed by atoms with Gasteiger partial charge in [0.1, 0.15) is 0 Å². The molecule has 3 rings (SSSR count). The van der Waals surface area contributed by atoms with Gasteiger partial charge in [-0.2, -0.15) is 0 Å². The van der Waals surface area contributed by atoms with Crippen LogP contribution >= 0.6 is 23.2 Å². The monoisotopic (exact) mass is 464 g/mol. The minimum absolute atomic E-state index is 0.119. The van der Waals surface area contributed by atoms with Crippen molar-refractivity contribution in [2.24, 2.45) is 5.73 Å². The molecule has 31 heavy (non-hydrogen) atoms. The summed E-state index contributed by atoms with van der Waals surface area (Å²) in [6.07, 6.45) is 5.24. The topological polar surface area (TPSA) is 81.9 Å². The van der Waals surface area contributed by atoms with Crippen molar-refractivity contribution in [1.29, 1.82) is 0 Å². The van der Waals surface area contributed by atoms with Gasteiger partial charge >= 0.3 is 0 Å². The Morgan fingerprint density at radius 1 is 1.06 bits per heavy atom. The summed E-state index contributed by atoms with van der Waals surface area (Å²) in [5.74, 6) is 0.167. The first-order chi connectivity index (χ1) is 14.9. The normalized spacial score (nSPS) is 14.2. The maximum atomic E-state index is 13.5. The van der Waals surface area contributed by atoms with E-state index in [1.807, 2.05) is 11.0 Å². The smallest absolute Gasteiger partial charge is 0.255 e. The van der Waals surface area contributed by atoms with E-state index in [4.69, 9.17) is 38.4 Å². The molecule has 0 aliphatic heterocycles. The number of carbonyl (C=O) groups is 2. The van der Waals surface area contributed by atoms with Crippen molar-refractivity contribution in [3.05, 3.63) is 57.6 Å². The van der Waals surface area contributed by atoms with Gasteiger partial charge in [-0.15, -0.1) is 0 Å². The Hall–Kier alpha value is -2.44. The number of benzene rings is 2. The van der Waals surface area contributed by atoms with Crippen LogP contribution in [0.4, 0.5) is 0 Å². The number of halogens is 2.